The summed E-state index contributed by atoms with van der Waals surface area (Å²) in [5.41, 5.74) is 1.03. The number of rotatable bonds is 3. The van der Waals surface area contributed by atoms with Gasteiger partial charge in [0, 0.05) is 10.4 Å². The van der Waals surface area contributed by atoms with Crippen LogP contribution in [-0.2, 0) is 0 Å². The lowest BCUT2D eigenvalue weighted by Crippen LogP contribution is -2.02. The predicted octanol–water partition coefficient (Wildman–Crippen LogP) is 4.89. The Labute approximate surface area is 105 Å². The number of benzene rings is 1. The van der Waals surface area contributed by atoms with Crippen LogP contribution in [0, 0.1) is 5.92 Å². The van der Waals surface area contributed by atoms with Gasteiger partial charge in [0.15, 0.2) is 0 Å². The van der Waals surface area contributed by atoms with Crippen molar-refractivity contribution >= 4 is 38.4 Å². The molecule has 0 spiro atoms. The zero-order valence-corrected chi connectivity index (χ0v) is 11.7. The molecule has 15 heavy (non-hydrogen) atoms. The third-order valence-electron chi connectivity index (χ3n) is 1.85. The summed E-state index contributed by atoms with van der Waals surface area (Å²) in [5, 5.41) is 1.21. The lowest BCUT2D eigenvalue weighted by atomic mass is 10.2. The summed E-state index contributed by atoms with van der Waals surface area (Å²) in [5.74, 6) is 1.58. The highest BCUT2D eigenvalue weighted by Crippen LogP contribution is 2.21. The molecule has 1 aromatic rings. The van der Waals surface area contributed by atoms with Crippen molar-refractivity contribution in [1.29, 1.82) is 0 Å². The van der Waals surface area contributed by atoms with E-state index in [0.717, 1.165) is 15.9 Å². The highest BCUT2D eigenvalue weighted by Gasteiger charge is 2.04. The zero-order valence-electron chi connectivity index (χ0n) is 9.33. The van der Waals surface area contributed by atoms with Crippen molar-refractivity contribution in [3.05, 3.63) is 28.7 Å². The molecule has 0 bridgehead atoms. The van der Waals surface area contributed by atoms with Crippen LogP contribution in [0.5, 0.6) is 0 Å². The van der Waals surface area contributed by atoms with Gasteiger partial charge in [-0.25, -0.2) is 4.99 Å². The third kappa shape index (κ3) is 4.39. The highest BCUT2D eigenvalue weighted by molar-refractivity contribution is 9.10. The molecular formula is C12H16BrNS. The summed E-state index contributed by atoms with van der Waals surface area (Å²) in [4.78, 5) is 4.65. The fourth-order valence-corrected chi connectivity index (χ4v) is 2.18. The first-order chi connectivity index (χ1) is 7.13. The molecule has 0 heterocycles. The van der Waals surface area contributed by atoms with Gasteiger partial charge in [0.1, 0.15) is 0 Å². The topological polar surface area (TPSA) is 12.4 Å². The first-order valence-corrected chi connectivity index (χ1v) is 6.88. The number of hydrogen-bond acceptors (Lipinski definition) is 2. The van der Waals surface area contributed by atoms with E-state index in [0.29, 0.717) is 5.92 Å². The summed E-state index contributed by atoms with van der Waals surface area (Å²) in [6.07, 6.45) is 0. The maximum absolute atomic E-state index is 4.65. The molecular weight excluding hydrogens is 270 g/mol. The summed E-state index contributed by atoms with van der Waals surface area (Å²) in [6.45, 7) is 6.52. The van der Waals surface area contributed by atoms with Crippen molar-refractivity contribution < 1.29 is 0 Å². The molecule has 0 fully saturated rings. The molecule has 0 aliphatic heterocycles. The second-order valence-electron chi connectivity index (χ2n) is 3.51. The molecule has 0 aromatic heterocycles. The quantitative estimate of drug-likeness (QED) is 0.569. The van der Waals surface area contributed by atoms with Crippen molar-refractivity contribution in [1.82, 2.24) is 0 Å². The Morgan fingerprint density at radius 1 is 1.33 bits per heavy atom. The van der Waals surface area contributed by atoms with E-state index in [2.05, 4.69) is 41.7 Å². The van der Waals surface area contributed by atoms with E-state index in [1.54, 1.807) is 0 Å². The van der Waals surface area contributed by atoms with Crippen LogP contribution in [0.1, 0.15) is 20.8 Å². The maximum Gasteiger partial charge on any atom is 0.0763 e. The fourth-order valence-electron chi connectivity index (χ4n) is 1.12. The van der Waals surface area contributed by atoms with Gasteiger partial charge < -0.3 is 0 Å². The normalized spacial score (nSPS) is 12.2. The SMILES string of the molecule is CCSC(=Nc1ccc(Br)cc1)C(C)C. The van der Waals surface area contributed by atoms with Gasteiger partial charge in [-0.15, -0.1) is 11.8 Å². The van der Waals surface area contributed by atoms with Gasteiger partial charge in [0.05, 0.1) is 10.7 Å². The maximum atomic E-state index is 4.65. The van der Waals surface area contributed by atoms with Crippen LogP contribution in [0.2, 0.25) is 0 Å². The van der Waals surface area contributed by atoms with Crippen LogP contribution >= 0.6 is 27.7 Å². The third-order valence-corrected chi connectivity index (χ3v) is 3.53. The van der Waals surface area contributed by atoms with Crippen LogP contribution in [0.4, 0.5) is 5.69 Å². The van der Waals surface area contributed by atoms with E-state index in [4.69, 9.17) is 0 Å². The van der Waals surface area contributed by atoms with Gasteiger partial charge in [0.25, 0.3) is 0 Å². The van der Waals surface area contributed by atoms with Gasteiger partial charge in [-0.3, -0.25) is 0 Å². The Bertz CT molecular complexity index is 330. The molecule has 1 aromatic carbocycles. The first-order valence-electron chi connectivity index (χ1n) is 5.10. The van der Waals surface area contributed by atoms with Gasteiger partial charge >= 0.3 is 0 Å². The molecule has 0 amide bonds. The van der Waals surface area contributed by atoms with Gasteiger partial charge in [-0.2, -0.15) is 0 Å². The van der Waals surface area contributed by atoms with Crippen LogP contribution in [0.15, 0.2) is 33.7 Å². The Balaban J connectivity index is 2.86. The average Bonchev–Trinajstić information content (AvgIpc) is 2.20. The van der Waals surface area contributed by atoms with E-state index >= 15 is 0 Å². The largest absolute Gasteiger partial charge is 0.246 e. The van der Waals surface area contributed by atoms with Crippen LogP contribution in [-0.4, -0.2) is 10.8 Å². The van der Waals surface area contributed by atoms with Gasteiger partial charge in [0.2, 0.25) is 0 Å². The Morgan fingerprint density at radius 2 is 1.93 bits per heavy atom. The number of thioether (sulfide) groups is 1. The van der Waals surface area contributed by atoms with E-state index in [1.165, 1.54) is 5.04 Å². The Hall–Kier alpha value is -0.280. The summed E-state index contributed by atoms with van der Waals surface area (Å²) in [7, 11) is 0. The lowest BCUT2D eigenvalue weighted by molar-refractivity contribution is 0.900. The number of nitrogens with zero attached hydrogens (tertiary/aromatic N) is 1. The second-order valence-corrected chi connectivity index (χ2v) is 5.71. The van der Waals surface area contributed by atoms with E-state index < -0.39 is 0 Å². The first kappa shape index (κ1) is 12.8. The molecule has 1 rings (SSSR count). The molecule has 0 aliphatic carbocycles. The van der Waals surface area contributed by atoms with Crippen LogP contribution in [0.25, 0.3) is 0 Å². The monoisotopic (exact) mass is 285 g/mol. The number of aliphatic imine (C=N–C) groups is 1. The summed E-state index contributed by atoms with van der Waals surface area (Å²) < 4.78 is 1.09. The average molecular weight is 286 g/mol. The zero-order chi connectivity index (χ0) is 11.3. The smallest absolute Gasteiger partial charge is 0.0763 e. The van der Waals surface area contributed by atoms with Crippen molar-refractivity contribution in [2.24, 2.45) is 10.9 Å². The van der Waals surface area contributed by atoms with E-state index in [9.17, 15) is 0 Å². The van der Waals surface area contributed by atoms with Crippen LogP contribution < -0.4 is 0 Å². The fraction of sp³-hybridized carbons (Fsp3) is 0.417. The van der Waals surface area contributed by atoms with E-state index in [-0.39, 0.29) is 0 Å². The molecule has 0 N–H and O–H groups in total. The Morgan fingerprint density at radius 3 is 2.40 bits per heavy atom. The van der Waals surface area contributed by atoms with Crippen molar-refractivity contribution in [3.8, 4) is 0 Å². The molecule has 82 valence electrons. The van der Waals surface area contributed by atoms with Gasteiger partial charge in [-0.1, -0.05) is 36.7 Å². The Kier molecular flexibility index (Phi) is 5.40. The van der Waals surface area contributed by atoms with Crippen LogP contribution in [0.3, 0.4) is 0 Å². The van der Waals surface area contributed by atoms with Gasteiger partial charge in [-0.05, 0) is 30.0 Å². The molecule has 0 aliphatic rings. The minimum Gasteiger partial charge on any atom is -0.246 e. The molecule has 1 nitrogen and oxygen atoms in total. The number of halogens is 1. The number of hydrogen-bond donors (Lipinski definition) is 0. The molecule has 0 saturated heterocycles. The molecule has 0 unspecified atom stereocenters. The predicted molar refractivity (Wildman–Crippen MR) is 74.2 cm³/mol. The minimum atomic E-state index is 0.499. The molecule has 3 heteroatoms. The second kappa shape index (κ2) is 6.33. The summed E-state index contributed by atoms with van der Waals surface area (Å²) in [6, 6.07) is 8.10. The van der Waals surface area contributed by atoms with Crippen molar-refractivity contribution in [2.45, 2.75) is 20.8 Å². The standard InChI is InChI=1S/C12H16BrNS/c1-4-15-12(9(2)3)14-11-7-5-10(13)6-8-11/h5-9H,4H2,1-3H3. The van der Waals surface area contributed by atoms with Crippen molar-refractivity contribution in [2.75, 3.05) is 5.75 Å². The molecule has 0 atom stereocenters. The lowest BCUT2D eigenvalue weighted by Gasteiger charge is -2.08. The molecule has 0 saturated carbocycles. The van der Waals surface area contributed by atoms with Crippen molar-refractivity contribution in [3.63, 3.8) is 0 Å². The van der Waals surface area contributed by atoms with E-state index in [1.807, 2.05) is 36.0 Å². The summed E-state index contributed by atoms with van der Waals surface area (Å²) >= 11 is 5.24. The molecule has 0 radical (unpaired) electrons. The minimum absolute atomic E-state index is 0.499. The highest BCUT2D eigenvalue weighted by atomic mass is 79.9.